The van der Waals surface area contributed by atoms with E-state index < -0.39 is 216 Å². The summed E-state index contributed by atoms with van der Waals surface area (Å²) in [6.45, 7) is 9.60. The van der Waals surface area contributed by atoms with Gasteiger partial charge in [-0.05, 0) is 59.6 Å². The number of halogens is 24. The molecular formula is C60H48AlF24N. The SMILES string of the molecule is CCCCCCCCC[NH+](CCC(CC)CCCC)c1ccccc1.FC1=C(F)[CH]([Al-]([CH]2C(F)=C(F)c3c(F)c(F)c(F)c(F)c32)([CH]2C(F)=C(F)c3c(F)c(F)c(F)c(F)c32)[CH]2C(F)=C(F)c3c(F)c(F)c(F)c(F)c32)c2c(F)c(F)c(F)c(F)c21. The molecule has 464 valence electrons. The lowest BCUT2D eigenvalue weighted by Gasteiger charge is -2.54. The number of allylic oxidation sites excluding steroid dienone is 4. The summed E-state index contributed by atoms with van der Waals surface area (Å²) < 4.78 is 359. The van der Waals surface area contributed by atoms with E-state index in [0.29, 0.717) is 0 Å². The number of hydrogen-bond donors (Lipinski definition) is 1. The third-order valence-corrected chi connectivity index (χ3v) is 24.4. The molecule has 4 aliphatic carbocycles. The van der Waals surface area contributed by atoms with Gasteiger partial charge in [0.2, 0.25) is 13.1 Å². The summed E-state index contributed by atoms with van der Waals surface area (Å²) >= 11 is -8.89. The van der Waals surface area contributed by atoms with Crippen LogP contribution < -0.4 is 4.90 Å². The number of para-hydroxylation sites is 1. The molecule has 0 bridgehead atoms. The summed E-state index contributed by atoms with van der Waals surface area (Å²) in [5, 5.41) is 0. The summed E-state index contributed by atoms with van der Waals surface area (Å²) in [5.41, 5.74) is -20.2. The second-order valence-electron chi connectivity index (χ2n) is 21.7. The van der Waals surface area contributed by atoms with Gasteiger partial charge in [-0.15, -0.1) is 0 Å². The van der Waals surface area contributed by atoms with Crippen molar-refractivity contribution < 1.29 is 110 Å². The molecule has 4 aliphatic rings. The molecule has 0 aliphatic heterocycles. The lowest BCUT2D eigenvalue weighted by Crippen LogP contribution is -3.07. The lowest BCUT2D eigenvalue weighted by molar-refractivity contribution is -0.833. The molecule has 0 saturated heterocycles. The first-order valence-electron chi connectivity index (χ1n) is 27.4. The number of benzene rings is 5. The first-order valence-corrected chi connectivity index (χ1v) is 30.1. The molecule has 86 heavy (non-hydrogen) atoms. The van der Waals surface area contributed by atoms with Crippen LogP contribution in [0.3, 0.4) is 0 Å². The zero-order chi connectivity index (χ0) is 63.5. The van der Waals surface area contributed by atoms with E-state index >= 15 is 87.8 Å². The minimum atomic E-state index is -8.89. The molecule has 6 unspecified atom stereocenters. The average molecular weight is 1270 g/mol. The van der Waals surface area contributed by atoms with Crippen molar-refractivity contribution in [1.29, 1.82) is 0 Å². The van der Waals surface area contributed by atoms with Crippen LogP contribution >= 0.6 is 0 Å². The smallest absolute Gasteiger partial charge is 0.207 e. The van der Waals surface area contributed by atoms with Crippen LogP contribution in [-0.4, -0.2) is 26.2 Å². The number of rotatable bonds is 20. The Labute approximate surface area is 478 Å². The Balaban J connectivity index is 0.000000323. The van der Waals surface area contributed by atoms with E-state index in [9.17, 15) is 17.6 Å². The van der Waals surface area contributed by atoms with Gasteiger partial charge in [-0.2, -0.15) is 0 Å². The van der Waals surface area contributed by atoms with E-state index in [1.807, 2.05) is 0 Å². The molecule has 0 heterocycles. The molecule has 0 saturated carbocycles. The van der Waals surface area contributed by atoms with Crippen molar-refractivity contribution in [3.8, 4) is 0 Å². The molecule has 0 fully saturated rings. The maximum Gasteiger partial charge on any atom is 0.207 e. The molecule has 26 heteroatoms. The van der Waals surface area contributed by atoms with Crippen molar-refractivity contribution in [2.24, 2.45) is 5.92 Å². The maximum absolute atomic E-state index is 17.0. The first-order chi connectivity index (χ1) is 40.7. The maximum atomic E-state index is 17.0. The second-order valence-corrected chi connectivity index (χ2v) is 26.7. The van der Waals surface area contributed by atoms with Crippen LogP contribution in [-0.2, 0) is 0 Å². The van der Waals surface area contributed by atoms with Gasteiger partial charge in [-0.25, -0.2) is 105 Å². The summed E-state index contributed by atoms with van der Waals surface area (Å²) in [4.78, 5) is 1.71. The van der Waals surface area contributed by atoms with Crippen molar-refractivity contribution >= 4 is 42.1 Å². The largest absolute Gasteiger partial charge is 0.302 e. The molecule has 1 N–H and O–H groups in total. The quantitative estimate of drug-likeness (QED) is 0.0260. The number of hydrogen-bond acceptors (Lipinski definition) is 0. The second kappa shape index (κ2) is 25.9. The number of fused-ring (bicyclic) bond motifs is 4. The molecule has 5 aromatic rings. The van der Waals surface area contributed by atoms with E-state index in [2.05, 4.69) is 51.1 Å². The zero-order valence-electron chi connectivity index (χ0n) is 45.3. The number of quaternary nitrogens is 1. The van der Waals surface area contributed by atoms with Crippen LogP contribution in [0.4, 0.5) is 111 Å². The molecule has 0 aromatic heterocycles. The molecule has 0 spiro atoms. The van der Waals surface area contributed by atoms with Gasteiger partial charge in [0.15, 0.2) is 116 Å². The fraction of sp³-hybridized carbons (Fsp3) is 0.367. The van der Waals surface area contributed by atoms with Crippen LogP contribution in [0.15, 0.2) is 53.6 Å². The van der Waals surface area contributed by atoms with Crippen LogP contribution in [0.2, 0.25) is 0 Å². The van der Waals surface area contributed by atoms with E-state index in [1.165, 1.54) is 95.8 Å². The van der Waals surface area contributed by atoms with E-state index in [0.717, 1.165) is 5.92 Å². The Hall–Kier alpha value is -6.13. The van der Waals surface area contributed by atoms with Gasteiger partial charge in [-0.1, -0.05) is 116 Å². The van der Waals surface area contributed by atoms with E-state index in [1.54, 1.807) is 4.90 Å². The Kier molecular flexibility index (Phi) is 19.8. The van der Waals surface area contributed by atoms with Crippen molar-refractivity contribution in [3.63, 3.8) is 0 Å². The van der Waals surface area contributed by atoms with Crippen LogP contribution in [0.1, 0.15) is 161 Å². The predicted molar refractivity (Wildman–Crippen MR) is 271 cm³/mol. The molecular weight excluding hydrogens is 1220 g/mol. The summed E-state index contributed by atoms with van der Waals surface area (Å²) in [6.07, 6.45) is 16.7. The first kappa shape index (κ1) is 65.8. The topological polar surface area (TPSA) is 4.44 Å². The fourth-order valence-corrected chi connectivity index (χ4v) is 21.8. The summed E-state index contributed by atoms with van der Waals surface area (Å²) in [5.74, 6) is -76.6. The van der Waals surface area contributed by atoms with Gasteiger partial charge in [0.25, 0.3) is 0 Å². The molecule has 6 atom stereocenters. The third-order valence-electron chi connectivity index (χ3n) is 17.2. The van der Waals surface area contributed by atoms with Gasteiger partial charge in [0.1, 0.15) is 29.0 Å². The summed E-state index contributed by atoms with van der Waals surface area (Å²) in [7, 11) is 0. The highest BCUT2D eigenvalue weighted by Crippen LogP contribution is 2.72. The molecule has 1 nitrogen and oxygen atoms in total. The molecule has 0 amide bonds. The normalized spacial score (nSPS) is 19.3. The van der Waals surface area contributed by atoms with Gasteiger partial charge in [0, 0.05) is 0 Å². The standard InChI is InChI=1S/C24H43N.4C9HF6.Al/c1-4-7-9-10-11-12-16-21-25(24-18-14-13-15-19-24)22-20-23(6-3)17-8-5-2;4*10-3-1-2-4(6(3)12)7(13)9(15)8(14)5(2)11;/h13-15,18-19,23H,4-12,16-17,20-22H2,1-3H3;4*1H;/q;;;;;-1/p+1. The Morgan fingerprint density at radius 3 is 0.919 bits per heavy atom. The van der Waals surface area contributed by atoms with Crippen molar-refractivity contribution in [2.75, 3.05) is 13.1 Å². The monoisotopic (exact) mass is 1270 g/mol. The molecule has 9 rings (SSSR count). The number of nitrogens with one attached hydrogen (secondary N) is 1. The Morgan fingerprint density at radius 1 is 0.326 bits per heavy atom. The lowest BCUT2D eigenvalue weighted by atomic mass is 9.95. The fourth-order valence-electron chi connectivity index (χ4n) is 13.3. The predicted octanol–water partition coefficient (Wildman–Crippen LogP) is 20.0. The van der Waals surface area contributed by atoms with E-state index in [-0.39, 0.29) is 0 Å². The zero-order valence-corrected chi connectivity index (χ0v) is 46.5. The van der Waals surface area contributed by atoms with E-state index in [4.69, 9.17) is 0 Å². The van der Waals surface area contributed by atoms with Gasteiger partial charge in [-0.3, -0.25) is 0 Å². The van der Waals surface area contributed by atoms with Crippen LogP contribution in [0.25, 0.3) is 23.3 Å². The van der Waals surface area contributed by atoms with Crippen LogP contribution in [0.5, 0.6) is 0 Å². The number of unbranched alkanes of at least 4 members (excludes halogenated alkanes) is 7. The van der Waals surface area contributed by atoms with Crippen LogP contribution in [0, 0.1) is 99.0 Å². The van der Waals surface area contributed by atoms with Gasteiger partial charge < -0.3 is 4.90 Å². The third kappa shape index (κ3) is 10.4. The minimum absolute atomic E-state index is 0.924. The highest BCUT2D eigenvalue weighted by atomic mass is 27.2. The van der Waals surface area contributed by atoms with Crippen molar-refractivity contribution in [3.05, 3.63) is 191 Å². The molecule has 0 radical (unpaired) electrons. The van der Waals surface area contributed by atoms with Crippen molar-refractivity contribution in [1.82, 2.24) is 0 Å². The highest BCUT2D eigenvalue weighted by molar-refractivity contribution is 6.88. The highest BCUT2D eigenvalue weighted by Gasteiger charge is 2.70. The Bertz CT molecular complexity index is 3250. The van der Waals surface area contributed by atoms with Gasteiger partial charge in [0.05, 0.1) is 35.3 Å². The van der Waals surface area contributed by atoms with Gasteiger partial charge >= 0.3 is 0 Å². The average Bonchev–Trinajstić information content (AvgIpc) is 1.64. The molecule has 5 aromatic carbocycles. The Morgan fingerprint density at radius 2 is 0.616 bits per heavy atom. The van der Waals surface area contributed by atoms with Crippen molar-refractivity contribution in [2.45, 2.75) is 117 Å². The summed E-state index contributed by atoms with van der Waals surface area (Å²) in [6, 6.07) is 11.2. The minimum Gasteiger partial charge on any atom is -0.302 e.